The van der Waals surface area contributed by atoms with Crippen LogP contribution in [0.5, 0.6) is 5.75 Å². The van der Waals surface area contributed by atoms with E-state index in [9.17, 15) is 0 Å². The topological polar surface area (TPSA) is 39.9 Å². The Morgan fingerprint density at radius 2 is 2.26 bits per heavy atom. The molecule has 0 bridgehead atoms. The van der Waals surface area contributed by atoms with Gasteiger partial charge in [0.15, 0.2) is 5.16 Å². The van der Waals surface area contributed by atoms with Gasteiger partial charge < -0.3 is 9.30 Å². The Morgan fingerprint density at radius 1 is 1.42 bits per heavy atom. The highest BCUT2D eigenvalue weighted by atomic mass is 32.2. The van der Waals surface area contributed by atoms with Crippen LogP contribution in [0.4, 0.5) is 0 Å². The van der Waals surface area contributed by atoms with Crippen LogP contribution in [-0.4, -0.2) is 21.9 Å². The molecule has 1 aromatic heterocycles. The third-order valence-electron chi connectivity index (χ3n) is 2.72. The van der Waals surface area contributed by atoms with Gasteiger partial charge >= 0.3 is 0 Å². The molecule has 1 aromatic carbocycles. The molecule has 19 heavy (non-hydrogen) atoms. The first-order valence-corrected chi connectivity index (χ1v) is 6.99. The SMILES string of the molecule is C=CCn1c(C)nnc1SCc1cccc(OC)c1. The predicted octanol–water partition coefficient (Wildman–Crippen LogP) is 3.07. The lowest BCUT2D eigenvalue weighted by molar-refractivity contribution is 0.414. The summed E-state index contributed by atoms with van der Waals surface area (Å²) in [7, 11) is 1.68. The number of nitrogens with zero attached hydrogens (tertiary/aromatic N) is 3. The van der Waals surface area contributed by atoms with Gasteiger partial charge in [-0.2, -0.15) is 0 Å². The highest BCUT2D eigenvalue weighted by Crippen LogP contribution is 2.23. The van der Waals surface area contributed by atoms with Gasteiger partial charge in [-0.05, 0) is 24.6 Å². The molecule has 0 radical (unpaired) electrons. The average molecular weight is 275 g/mol. The van der Waals surface area contributed by atoms with Crippen LogP contribution in [0.15, 0.2) is 42.1 Å². The highest BCUT2D eigenvalue weighted by Gasteiger charge is 2.08. The number of benzene rings is 1. The number of hydrogen-bond acceptors (Lipinski definition) is 4. The van der Waals surface area contributed by atoms with E-state index in [4.69, 9.17) is 4.74 Å². The summed E-state index contributed by atoms with van der Waals surface area (Å²) in [5.74, 6) is 2.63. The van der Waals surface area contributed by atoms with E-state index in [1.54, 1.807) is 18.9 Å². The molecule has 0 spiro atoms. The van der Waals surface area contributed by atoms with E-state index in [0.717, 1.165) is 29.0 Å². The van der Waals surface area contributed by atoms with Crippen molar-refractivity contribution in [2.24, 2.45) is 0 Å². The van der Waals surface area contributed by atoms with Gasteiger partial charge in [0.2, 0.25) is 0 Å². The lowest BCUT2D eigenvalue weighted by Gasteiger charge is -2.06. The van der Waals surface area contributed by atoms with E-state index in [0.29, 0.717) is 0 Å². The molecule has 0 saturated carbocycles. The molecule has 4 nitrogen and oxygen atoms in total. The molecular formula is C14H17N3OS. The second kappa shape index (κ2) is 6.43. The fourth-order valence-corrected chi connectivity index (χ4v) is 2.65. The van der Waals surface area contributed by atoms with Crippen molar-refractivity contribution in [2.75, 3.05) is 7.11 Å². The van der Waals surface area contributed by atoms with Crippen LogP contribution >= 0.6 is 11.8 Å². The number of hydrogen-bond donors (Lipinski definition) is 0. The van der Waals surface area contributed by atoms with Crippen LogP contribution in [-0.2, 0) is 12.3 Å². The summed E-state index contributed by atoms with van der Waals surface area (Å²) in [6, 6.07) is 8.05. The fraction of sp³-hybridized carbons (Fsp3) is 0.286. The minimum Gasteiger partial charge on any atom is -0.497 e. The maximum Gasteiger partial charge on any atom is 0.191 e. The quantitative estimate of drug-likeness (QED) is 0.600. The molecule has 0 N–H and O–H groups in total. The van der Waals surface area contributed by atoms with Crippen molar-refractivity contribution in [1.82, 2.24) is 14.8 Å². The van der Waals surface area contributed by atoms with Gasteiger partial charge in [0.05, 0.1) is 7.11 Å². The molecule has 5 heteroatoms. The highest BCUT2D eigenvalue weighted by molar-refractivity contribution is 7.98. The summed E-state index contributed by atoms with van der Waals surface area (Å²) in [4.78, 5) is 0. The third-order valence-corrected chi connectivity index (χ3v) is 3.75. The maximum absolute atomic E-state index is 5.22. The molecule has 0 atom stereocenters. The Balaban J connectivity index is 2.07. The number of aryl methyl sites for hydroxylation is 1. The van der Waals surface area contributed by atoms with Gasteiger partial charge in [0.1, 0.15) is 11.6 Å². The van der Waals surface area contributed by atoms with Gasteiger partial charge in [-0.3, -0.25) is 0 Å². The van der Waals surface area contributed by atoms with Crippen LogP contribution in [0.25, 0.3) is 0 Å². The fourth-order valence-electron chi connectivity index (χ4n) is 1.72. The van der Waals surface area contributed by atoms with Gasteiger partial charge in [0.25, 0.3) is 0 Å². The molecule has 0 unspecified atom stereocenters. The average Bonchev–Trinajstić information content (AvgIpc) is 2.78. The number of ether oxygens (including phenoxy) is 1. The van der Waals surface area contributed by atoms with E-state index >= 15 is 0 Å². The minimum absolute atomic E-state index is 0.735. The first kappa shape index (κ1) is 13.7. The molecular weight excluding hydrogens is 258 g/mol. The molecule has 100 valence electrons. The molecule has 2 aromatic rings. The summed E-state index contributed by atoms with van der Waals surface area (Å²) in [5, 5.41) is 9.21. The Kier molecular flexibility index (Phi) is 4.63. The summed E-state index contributed by atoms with van der Waals surface area (Å²) in [6.45, 7) is 6.44. The maximum atomic E-state index is 5.22. The monoisotopic (exact) mass is 275 g/mol. The first-order chi connectivity index (χ1) is 9.24. The normalized spacial score (nSPS) is 10.4. The molecule has 0 aliphatic rings. The Bertz CT molecular complexity index is 566. The van der Waals surface area contributed by atoms with Gasteiger partial charge in [0, 0.05) is 12.3 Å². The summed E-state index contributed by atoms with van der Waals surface area (Å²) in [6.07, 6.45) is 1.85. The Morgan fingerprint density at radius 3 is 3.00 bits per heavy atom. The van der Waals surface area contributed by atoms with Crippen LogP contribution in [0.2, 0.25) is 0 Å². The number of methoxy groups -OCH3 is 1. The molecule has 2 rings (SSSR count). The van der Waals surface area contributed by atoms with Crippen molar-refractivity contribution in [3.8, 4) is 5.75 Å². The summed E-state index contributed by atoms with van der Waals surface area (Å²) < 4.78 is 7.27. The number of thioether (sulfide) groups is 1. The van der Waals surface area contributed by atoms with Crippen molar-refractivity contribution in [3.63, 3.8) is 0 Å². The second-order valence-electron chi connectivity index (χ2n) is 4.07. The number of rotatable bonds is 6. The molecule has 0 fully saturated rings. The zero-order chi connectivity index (χ0) is 13.7. The van der Waals surface area contributed by atoms with E-state index in [-0.39, 0.29) is 0 Å². The van der Waals surface area contributed by atoms with Crippen LogP contribution in [0.3, 0.4) is 0 Å². The van der Waals surface area contributed by atoms with Crippen LogP contribution in [0.1, 0.15) is 11.4 Å². The van der Waals surface area contributed by atoms with Gasteiger partial charge in [-0.1, -0.05) is 30.0 Å². The summed E-state index contributed by atoms with van der Waals surface area (Å²) >= 11 is 1.67. The van der Waals surface area contributed by atoms with E-state index in [2.05, 4.69) is 27.4 Å². The van der Waals surface area contributed by atoms with E-state index in [1.807, 2.05) is 31.2 Å². The molecule has 1 heterocycles. The molecule has 0 saturated heterocycles. The minimum atomic E-state index is 0.735. The van der Waals surface area contributed by atoms with Crippen LogP contribution in [0, 0.1) is 6.92 Å². The van der Waals surface area contributed by atoms with E-state index in [1.165, 1.54) is 5.56 Å². The third kappa shape index (κ3) is 3.38. The second-order valence-corrected chi connectivity index (χ2v) is 5.01. The largest absolute Gasteiger partial charge is 0.497 e. The number of allylic oxidation sites excluding steroid dienone is 1. The van der Waals surface area contributed by atoms with Crippen molar-refractivity contribution in [2.45, 2.75) is 24.4 Å². The predicted molar refractivity (Wildman–Crippen MR) is 77.5 cm³/mol. The lowest BCUT2D eigenvalue weighted by Crippen LogP contribution is -2.00. The van der Waals surface area contributed by atoms with Crippen LogP contribution < -0.4 is 4.74 Å². The molecule has 0 aliphatic carbocycles. The standard InChI is InChI=1S/C14H17N3OS/c1-4-8-17-11(2)15-16-14(17)19-10-12-6-5-7-13(9-12)18-3/h4-7,9H,1,8,10H2,2-3H3. The van der Waals surface area contributed by atoms with Crippen molar-refractivity contribution < 1.29 is 4.74 Å². The Labute approximate surface area is 117 Å². The zero-order valence-corrected chi connectivity index (χ0v) is 12.0. The van der Waals surface area contributed by atoms with Crippen molar-refractivity contribution in [3.05, 3.63) is 48.3 Å². The zero-order valence-electron chi connectivity index (χ0n) is 11.2. The van der Waals surface area contributed by atoms with Crippen molar-refractivity contribution >= 4 is 11.8 Å². The van der Waals surface area contributed by atoms with E-state index < -0.39 is 0 Å². The van der Waals surface area contributed by atoms with Gasteiger partial charge in [-0.15, -0.1) is 16.8 Å². The molecule has 0 amide bonds. The van der Waals surface area contributed by atoms with Gasteiger partial charge in [-0.25, -0.2) is 0 Å². The van der Waals surface area contributed by atoms with Crippen molar-refractivity contribution in [1.29, 1.82) is 0 Å². The lowest BCUT2D eigenvalue weighted by atomic mass is 10.2. The number of aromatic nitrogens is 3. The first-order valence-electron chi connectivity index (χ1n) is 6.01. The summed E-state index contributed by atoms with van der Waals surface area (Å²) in [5.41, 5.74) is 1.20. The Hall–Kier alpha value is -1.75. The smallest absolute Gasteiger partial charge is 0.191 e. The molecule has 0 aliphatic heterocycles.